The van der Waals surface area contributed by atoms with Crippen molar-refractivity contribution in [2.45, 2.75) is 40.2 Å². The van der Waals surface area contributed by atoms with Gasteiger partial charge in [0.25, 0.3) is 0 Å². The first-order valence-electron chi connectivity index (χ1n) is 4.14. The molecule has 1 N–H and O–H groups in total. The smallest absolute Gasteiger partial charge is 0.0596 e. The summed E-state index contributed by atoms with van der Waals surface area (Å²) in [6, 6.07) is 0. The zero-order valence-electron chi connectivity index (χ0n) is 7.39. The summed E-state index contributed by atoms with van der Waals surface area (Å²) in [6.45, 7) is 8.79. The second-order valence-corrected chi connectivity index (χ2v) is 4.42. The molecular formula is C9H18O. The third kappa shape index (κ3) is 0.968. The number of rotatable bonds is 1. The molecule has 1 rings (SSSR count). The predicted molar refractivity (Wildman–Crippen MR) is 42.7 cm³/mol. The van der Waals surface area contributed by atoms with Crippen molar-refractivity contribution in [2.75, 3.05) is 0 Å². The Hall–Kier alpha value is -0.0400. The summed E-state index contributed by atoms with van der Waals surface area (Å²) in [5, 5.41) is 9.40. The summed E-state index contributed by atoms with van der Waals surface area (Å²) in [5.41, 5.74) is 0.175. The van der Waals surface area contributed by atoms with Crippen molar-refractivity contribution in [2.24, 2.45) is 17.3 Å². The fourth-order valence-electron chi connectivity index (χ4n) is 2.07. The Morgan fingerprint density at radius 2 is 1.90 bits per heavy atom. The second-order valence-electron chi connectivity index (χ2n) is 4.42. The lowest BCUT2D eigenvalue weighted by Gasteiger charge is -2.51. The highest BCUT2D eigenvalue weighted by molar-refractivity contribution is 4.97. The molecule has 0 aromatic heterocycles. The Balaban J connectivity index is 2.55. The Kier molecular flexibility index (Phi) is 1.80. The molecule has 0 spiro atoms. The second kappa shape index (κ2) is 2.23. The van der Waals surface area contributed by atoms with E-state index in [2.05, 4.69) is 27.7 Å². The quantitative estimate of drug-likeness (QED) is 0.594. The number of hydrogen-bond donors (Lipinski definition) is 1. The van der Waals surface area contributed by atoms with Crippen LogP contribution in [0.3, 0.4) is 0 Å². The Bertz CT molecular complexity index is 127. The van der Waals surface area contributed by atoms with Gasteiger partial charge in [-0.3, -0.25) is 0 Å². The zero-order chi connectivity index (χ0) is 7.94. The van der Waals surface area contributed by atoms with Crippen LogP contribution in [0.4, 0.5) is 0 Å². The van der Waals surface area contributed by atoms with E-state index < -0.39 is 0 Å². The average molecular weight is 142 g/mol. The molecule has 2 unspecified atom stereocenters. The summed E-state index contributed by atoms with van der Waals surface area (Å²) in [5.74, 6) is 1.45. The minimum Gasteiger partial charge on any atom is -0.393 e. The SMILES string of the molecule is CC(C)C1CC(O)C1(C)C. The Labute approximate surface area is 63.4 Å². The summed E-state index contributed by atoms with van der Waals surface area (Å²) < 4.78 is 0. The molecule has 0 radical (unpaired) electrons. The summed E-state index contributed by atoms with van der Waals surface area (Å²) in [7, 11) is 0. The highest BCUT2D eigenvalue weighted by atomic mass is 16.3. The van der Waals surface area contributed by atoms with Crippen molar-refractivity contribution in [3.63, 3.8) is 0 Å². The number of aliphatic hydroxyl groups excluding tert-OH is 1. The van der Waals surface area contributed by atoms with E-state index in [9.17, 15) is 5.11 Å². The molecular weight excluding hydrogens is 124 g/mol. The lowest BCUT2D eigenvalue weighted by atomic mass is 9.56. The van der Waals surface area contributed by atoms with E-state index in [0.717, 1.165) is 18.3 Å². The fourth-order valence-corrected chi connectivity index (χ4v) is 2.07. The average Bonchev–Trinajstić information content (AvgIpc) is 1.82. The van der Waals surface area contributed by atoms with Gasteiger partial charge in [-0.25, -0.2) is 0 Å². The molecule has 0 bridgehead atoms. The molecule has 1 saturated carbocycles. The third-order valence-electron chi connectivity index (χ3n) is 3.10. The van der Waals surface area contributed by atoms with E-state index in [1.54, 1.807) is 0 Å². The van der Waals surface area contributed by atoms with E-state index in [0.29, 0.717) is 0 Å². The van der Waals surface area contributed by atoms with E-state index in [1.807, 2.05) is 0 Å². The molecule has 60 valence electrons. The number of aliphatic hydroxyl groups is 1. The fraction of sp³-hybridized carbons (Fsp3) is 1.00. The largest absolute Gasteiger partial charge is 0.393 e. The van der Waals surface area contributed by atoms with Crippen LogP contribution < -0.4 is 0 Å². The first kappa shape index (κ1) is 8.06. The maximum Gasteiger partial charge on any atom is 0.0596 e. The van der Waals surface area contributed by atoms with Gasteiger partial charge in [0.1, 0.15) is 0 Å². The van der Waals surface area contributed by atoms with Gasteiger partial charge in [0.15, 0.2) is 0 Å². The van der Waals surface area contributed by atoms with Crippen LogP contribution in [-0.4, -0.2) is 11.2 Å². The molecule has 1 aliphatic rings. The maximum atomic E-state index is 9.40. The standard InChI is InChI=1S/C9H18O/c1-6(2)7-5-8(10)9(7,3)4/h6-8,10H,5H2,1-4H3. The lowest BCUT2D eigenvalue weighted by Crippen LogP contribution is -2.51. The highest BCUT2D eigenvalue weighted by Crippen LogP contribution is 2.49. The molecule has 0 aliphatic heterocycles. The van der Waals surface area contributed by atoms with E-state index in [4.69, 9.17) is 0 Å². The molecule has 1 heteroatoms. The molecule has 0 saturated heterocycles. The Morgan fingerprint density at radius 3 is 2.00 bits per heavy atom. The molecule has 2 atom stereocenters. The molecule has 1 aliphatic carbocycles. The van der Waals surface area contributed by atoms with Crippen molar-refractivity contribution in [3.05, 3.63) is 0 Å². The van der Waals surface area contributed by atoms with Gasteiger partial charge >= 0.3 is 0 Å². The lowest BCUT2D eigenvalue weighted by molar-refractivity contribution is -0.116. The van der Waals surface area contributed by atoms with E-state index in [-0.39, 0.29) is 11.5 Å². The molecule has 0 amide bonds. The van der Waals surface area contributed by atoms with Crippen molar-refractivity contribution in [1.82, 2.24) is 0 Å². The highest BCUT2D eigenvalue weighted by Gasteiger charge is 2.48. The van der Waals surface area contributed by atoms with Gasteiger partial charge in [0.05, 0.1) is 6.10 Å². The first-order valence-corrected chi connectivity index (χ1v) is 4.14. The van der Waals surface area contributed by atoms with Crippen molar-refractivity contribution < 1.29 is 5.11 Å². The van der Waals surface area contributed by atoms with Crippen LogP contribution in [0, 0.1) is 17.3 Å². The van der Waals surface area contributed by atoms with Crippen molar-refractivity contribution in [1.29, 1.82) is 0 Å². The molecule has 0 aromatic rings. The topological polar surface area (TPSA) is 20.2 Å². The Morgan fingerprint density at radius 1 is 1.40 bits per heavy atom. The van der Waals surface area contributed by atoms with Crippen LogP contribution in [-0.2, 0) is 0 Å². The zero-order valence-corrected chi connectivity index (χ0v) is 7.39. The first-order chi connectivity index (χ1) is 4.46. The van der Waals surface area contributed by atoms with Gasteiger partial charge < -0.3 is 5.11 Å². The van der Waals surface area contributed by atoms with Gasteiger partial charge in [-0.2, -0.15) is 0 Å². The monoisotopic (exact) mass is 142 g/mol. The van der Waals surface area contributed by atoms with Crippen LogP contribution >= 0.6 is 0 Å². The minimum absolute atomic E-state index is 0.0556. The number of hydrogen-bond acceptors (Lipinski definition) is 1. The molecule has 0 aromatic carbocycles. The van der Waals surface area contributed by atoms with E-state index in [1.165, 1.54) is 0 Å². The molecule has 1 fully saturated rings. The summed E-state index contributed by atoms with van der Waals surface area (Å²) >= 11 is 0. The van der Waals surface area contributed by atoms with Crippen LogP contribution in [0.15, 0.2) is 0 Å². The predicted octanol–water partition coefficient (Wildman–Crippen LogP) is 2.05. The minimum atomic E-state index is -0.0556. The van der Waals surface area contributed by atoms with Crippen molar-refractivity contribution >= 4 is 0 Å². The molecule has 1 nitrogen and oxygen atoms in total. The van der Waals surface area contributed by atoms with Crippen molar-refractivity contribution in [3.8, 4) is 0 Å². The summed E-state index contributed by atoms with van der Waals surface area (Å²) in [4.78, 5) is 0. The maximum absolute atomic E-state index is 9.40. The van der Waals surface area contributed by atoms with E-state index >= 15 is 0 Å². The van der Waals surface area contributed by atoms with Crippen LogP contribution in [0.5, 0.6) is 0 Å². The molecule has 0 heterocycles. The molecule has 10 heavy (non-hydrogen) atoms. The van der Waals surface area contributed by atoms with Crippen LogP contribution in [0.2, 0.25) is 0 Å². The van der Waals surface area contributed by atoms with Crippen LogP contribution in [0.25, 0.3) is 0 Å². The summed E-state index contributed by atoms with van der Waals surface area (Å²) in [6.07, 6.45) is 0.949. The van der Waals surface area contributed by atoms with Gasteiger partial charge in [-0.15, -0.1) is 0 Å². The normalized spacial score (nSPS) is 37.8. The van der Waals surface area contributed by atoms with Gasteiger partial charge in [-0.05, 0) is 23.7 Å². The van der Waals surface area contributed by atoms with Gasteiger partial charge in [-0.1, -0.05) is 27.7 Å². The van der Waals surface area contributed by atoms with Gasteiger partial charge in [0.2, 0.25) is 0 Å². The third-order valence-corrected chi connectivity index (χ3v) is 3.10. The van der Waals surface area contributed by atoms with Gasteiger partial charge in [0, 0.05) is 0 Å². The van der Waals surface area contributed by atoms with Crippen LogP contribution in [0.1, 0.15) is 34.1 Å².